The molecule has 1 unspecified atom stereocenters. The number of rotatable bonds is 11. The molecule has 2 N–H and O–H groups in total. The first-order valence-electron chi connectivity index (χ1n) is 15.5. The Morgan fingerprint density at radius 1 is 1.33 bits per heavy atom. The Morgan fingerprint density at radius 2 is 2.17 bits per heavy atom. The molecule has 1 fully saturated rings. The summed E-state index contributed by atoms with van der Waals surface area (Å²) in [5, 5.41) is 4.13. The highest BCUT2D eigenvalue weighted by atomic mass is 32.2. The second-order valence-electron chi connectivity index (χ2n) is 8.74. The van der Waals surface area contributed by atoms with Crippen molar-refractivity contribution in [3.63, 3.8) is 0 Å². The first kappa shape index (κ1) is 18.5. The van der Waals surface area contributed by atoms with E-state index in [4.69, 9.17) is 14.3 Å². The van der Waals surface area contributed by atoms with Crippen molar-refractivity contribution in [2.24, 2.45) is 6.98 Å². The number of nitrogens with zero attached hydrogens (tertiary/aromatic N) is 4. The lowest BCUT2D eigenvalue weighted by Gasteiger charge is -2.19. The standard InChI is InChI=1S/C25H36N6O4S/c1-5-8-20-22-23(31(4)29-20)25(32)28-24(27-22)19-16-18(10-11-21(19)35-15-6-2)36(33,34)26-13-12-17-9-7-14-30(17)3/h10-11,16-17,26H,5-9,12-15H2,1-4H3,(H,27,28,32)/i4D3,12D2,13D2. The number of fused-ring (bicyclic) bond motifs is 1. The molecule has 11 heteroatoms. The second-order valence-corrected chi connectivity index (χ2v) is 10.4. The molecule has 1 aromatic carbocycles. The van der Waals surface area contributed by atoms with E-state index in [0.29, 0.717) is 43.3 Å². The number of aromatic amines is 1. The van der Waals surface area contributed by atoms with Gasteiger partial charge >= 0.3 is 0 Å². The molecule has 1 aliphatic heterocycles. The number of hydrogen-bond acceptors (Lipinski definition) is 7. The lowest BCUT2D eigenvalue weighted by atomic mass is 10.1. The van der Waals surface area contributed by atoms with E-state index < -0.39 is 46.4 Å². The minimum absolute atomic E-state index is 0.0507. The second kappa shape index (κ2) is 11.1. The Bertz CT molecular complexity index is 1660. The fourth-order valence-corrected chi connectivity index (χ4v) is 4.98. The van der Waals surface area contributed by atoms with Gasteiger partial charge in [-0.15, -0.1) is 0 Å². The number of nitrogens with one attached hydrogen (secondary N) is 2. The summed E-state index contributed by atoms with van der Waals surface area (Å²) in [5.74, 6) is 0.0727. The van der Waals surface area contributed by atoms with E-state index in [1.807, 2.05) is 18.6 Å². The average molecular weight is 524 g/mol. The smallest absolute Gasteiger partial charge is 0.277 e. The predicted octanol–water partition coefficient (Wildman–Crippen LogP) is 2.83. The van der Waals surface area contributed by atoms with Gasteiger partial charge in [-0.1, -0.05) is 20.3 Å². The molecule has 0 amide bonds. The molecule has 0 aliphatic carbocycles. The summed E-state index contributed by atoms with van der Waals surface area (Å²) >= 11 is 0. The van der Waals surface area contributed by atoms with Gasteiger partial charge in [0, 0.05) is 29.1 Å². The van der Waals surface area contributed by atoms with Gasteiger partial charge < -0.3 is 14.6 Å². The van der Waals surface area contributed by atoms with Crippen LogP contribution in [0, 0.1) is 0 Å². The molecule has 0 spiro atoms. The van der Waals surface area contributed by atoms with E-state index in [1.165, 1.54) is 12.1 Å². The molecular weight excluding hydrogens is 480 g/mol. The summed E-state index contributed by atoms with van der Waals surface area (Å²) in [7, 11) is -2.98. The van der Waals surface area contributed by atoms with Gasteiger partial charge in [0.25, 0.3) is 5.56 Å². The Morgan fingerprint density at radius 3 is 2.86 bits per heavy atom. The first-order chi connectivity index (χ1) is 19.9. The van der Waals surface area contributed by atoms with Crippen molar-refractivity contribution in [2.45, 2.75) is 63.3 Å². The number of sulfonamides is 1. The van der Waals surface area contributed by atoms with Crippen LogP contribution in [0.4, 0.5) is 0 Å². The minimum atomic E-state index is -4.65. The highest BCUT2D eigenvalue weighted by molar-refractivity contribution is 7.89. The third-order valence-electron chi connectivity index (χ3n) is 6.01. The largest absolute Gasteiger partial charge is 0.493 e. The van der Waals surface area contributed by atoms with Crippen LogP contribution >= 0.6 is 0 Å². The molecule has 36 heavy (non-hydrogen) atoms. The van der Waals surface area contributed by atoms with E-state index in [0.717, 1.165) is 6.07 Å². The van der Waals surface area contributed by atoms with E-state index in [9.17, 15) is 13.2 Å². The zero-order chi connectivity index (χ0) is 32.0. The van der Waals surface area contributed by atoms with Gasteiger partial charge in [0.1, 0.15) is 17.1 Å². The van der Waals surface area contributed by atoms with E-state index in [2.05, 4.69) is 15.1 Å². The summed E-state index contributed by atoms with van der Waals surface area (Å²) in [5.41, 5.74) is -0.659. The third-order valence-corrected chi connectivity index (χ3v) is 7.26. The normalized spacial score (nSPS) is 20.8. The number of aromatic nitrogens is 4. The Hall–Kier alpha value is -2.76. The van der Waals surface area contributed by atoms with Crippen LogP contribution in [0.1, 0.15) is 61.2 Å². The van der Waals surface area contributed by atoms with Crippen LogP contribution in [0.3, 0.4) is 0 Å². The van der Waals surface area contributed by atoms with Crippen molar-refractivity contribution >= 4 is 21.1 Å². The van der Waals surface area contributed by atoms with Crippen LogP contribution in [0.2, 0.25) is 0 Å². The lowest BCUT2D eigenvalue weighted by molar-refractivity contribution is 0.297. The summed E-state index contributed by atoms with van der Waals surface area (Å²) in [4.78, 5) is 21.5. The predicted molar refractivity (Wildman–Crippen MR) is 140 cm³/mol. The van der Waals surface area contributed by atoms with Crippen LogP contribution in [0.15, 0.2) is 27.9 Å². The van der Waals surface area contributed by atoms with Crippen molar-refractivity contribution in [1.29, 1.82) is 0 Å². The molecule has 3 aromatic rings. The number of hydrogen-bond donors (Lipinski definition) is 2. The average Bonchev–Trinajstić information content (AvgIpc) is 3.51. The summed E-state index contributed by atoms with van der Waals surface area (Å²) in [6.45, 7) is -1.18. The van der Waals surface area contributed by atoms with Gasteiger partial charge in [-0.25, -0.2) is 18.1 Å². The van der Waals surface area contributed by atoms with Crippen molar-refractivity contribution in [3.05, 3.63) is 34.2 Å². The summed E-state index contributed by atoms with van der Waals surface area (Å²) in [6, 6.07) is 2.85. The number of H-pyrrole nitrogens is 1. The molecule has 4 rings (SSSR count). The zero-order valence-corrected chi connectivity index (χ0v) is 21.4. The Labute approximate surface area is 222 Å². The molecule has 3 heterocycles. The maximum atomic E-state index is 13.5. The molecule has 0 radical (unpaired) electrons. The van der Waals surface area contributed by atoms with Gasteiger partial charge in [0.15, 0.2) is 5.52 Å². The van der Waals surface area contributed by atoms with Gasteiger partial charge in [0.05, 0.1) is 22.8 Å². The molecule has 1 saturated heterocycles. The monoisotopic (exact) mass is 523 g/mol. The van der Waals surface area contributed by atoms with Crippen molar-refractivity contribution < 1.29 is 22.7 Å². The van der Waals surface area contributed by atoms with Crippen molar-refractivity contribution in [3.8, 4) is 17.1 Å². The van der Waals surface area contributed by atoms with E-state index >= 15 is 0 Å². The fourth-order valence-electron chi connectivity index (χ4n) is 4.15. The van der Waals surface area contributed by atoms with Gasteiger partial charge in [0.2, 0.25) is 10.0 Å². The van der Waals surface area contributed by atoms with Gasteiger partial charge in [-0.05, 0) is 63.8 Å². The zero-order valence-electron chi connectivity index (χ0n) is 27.6. The topological polar surface area (TPSA) is 122 Å². The number of benzene rings is 1. The molecule has 196 valence electrons. The van der Waals surface area contributed by atoms with Crippen LogP contribution < -0.4 is 15.0 Å². The molecule has 1 aliphatic rings. The van der Waals surface area contributed by atoms with Crippen LogP contribution in [-0.2, 0) is 23.4 Å². The van der Waals surface area contributed by atoms with Crippen molar-refractivity contribution in [1.82, 2.24) is 29.4 Å². The van der Waals surface area contributed by atoms with Gasteiger partial charge in [-0.2, -0.15) is 5.10 Å². The first-order valence-corrected chi connectivity index (χ1v) is 13.5. The molecule has 1 atom stereocenters. The van der Waals surface area contributed by atoms with Gasteiger partial charge in [-0.3, -0.25) is 9.48 Å². The molecule has 10 nitrogen and oxygen atoms in total. The van der Waals surface area contributed by atoms with Crippen LogP contribution in [0.25, 0.3) is 22.4 Å². The minimum Gasteiger partial charge on any atom is -0.493 e. The maximum Gasteiger partial charge on any atom is 0.277 e. The third kappa shape index (κ3) is 5.47. The molecule has 2 aromatic heterocycles. The summed E-state index contributed by atoms with van der Waals surface area (Å²) < 4.78 is 92.6. The fraction of sp³-hybridized carbons (Fsp3) is 0.560. The number of aryl methyl sites for hydroxylation is 2. The summed E-state index contributed by atoms with van der Waals surface area (Å²) in [6.07, 6.45) is 0.00833. The van der Waals surface area contributed by atoms with E-state index in [-0.39, 0.29) is 40.5 Å². The molecular formula is C25H36N6O4S. The SMILES string of the molecule is [2H]C([2H])([2H])n1nc(CCC)c2nc(-c3cc(S(=O)(=O)NC([2H])([2H])C([2H])([2H])C4CCCN4C)ccc3OCCC)[nH]c(=O)c21. The Balaban J connectivity index is 1.83. The van der Waals surface area contributed by atoms with Crippen LogP contribution in [0.5, 0.6) is 5.75 Å². The Kier molecular flexibility index (Phi) is 5.70. The number of likely N-dealkylation sites (tertiary alicyclic amines) is 1. The number of ether oxygens (including phenoxy) is 1. The van der Waals surface area contributed by atoms with Crippen molar-refractivity contribution in [2.75, 3.05) is 26.7 Å². The van der Waals surface area contributed by atoms with E-state index in [1.54, 1.807) is 11.9 Å². The molecule has 0 saturated carbocycles. The lowest BCUT2D eigenvalue weighted by Crippen LogP contribution is -2.31. The molecule has 0 bridgehead atoms. The highest BCUT2D eigenvalue weighted by Crippen LogP contribution is 2.31. The quantitative estimate of drug-likeness (QED) is 0.396. The highest BCUT2D eigenvalue weighted by Gasteiger charge is 2.23. The maximum absolute atomic E-state index is 13.5. The van der Waals surface area contributed by atoms with Crippen LogP contribution in [-0.4, -0.2) is 65.8 Å².